The fourth-order valence-electron chi connectivity index (χ4n) is 3.27. The van der Waals surface area contributed by atoms with E-state index in [4.69, 9.17) is 14.1 Å². The highest BCUT2D eigenvalue weighted by Crippen LogP contribution is 2.32. The van der Waals surface area contributed by atoms with Crippen LogP contribution in [0.5, 0.6) is 11.5 Å². The molecule has 3 heterocycles. The molecule has 0 bridgehead atoms. The van der Waals surface area contributed by atoms with Crippen molar-refractivity contribution in [2.75, 3.05) is 6.61 Å². The van der Waals surface area contributed by atoms with Gasteiger partial charge in [-0.25, -0.2) is 19.4 Å². The Kier molecular flexibility index (Phi) is 5.42. The topological polar surface area (TPSA) is 113 Å². The van der Waals surface area contributed by atoms with Crippen LogP contribution in [-0.2, 0) is 4.74 Å². The van der Waals surface area contributed by atoms with Crippen molar-refractivity contribution in [3.8, 4) is 34.0 Å². The lowest BCUT2D eigenvalue weighted by molar-refractivity contribution is 0.0526. The molecule has 0 N–H and O–H groups in total. The van der Waals surface area contributed by atoms with E-state index in [0.29, 0.717) is 40.6 Å². The van der Waals surface area contributed by atoms with Crippen molar-refractivity contribution >= 4 is 17.3 Å². The van der Waals surface area contributed by atoms with Gasteiger partial charge in [-0.2, -0.15) is 0 Å². The molecule has 0 radical (unpaired) electrons. The zero-order chi connectivity index (χ0) is 22.6. The molecule has 5 aromatic rings. The Morgan fingerprint density at radius 2 is 1.52 bits per heavy atom. The number of fused-ring (bicyclic) bond motifs is 1. The monoisotopic (exact) mass is 439 g/mol. The molecule has 162 valence electrons. The van der Waals surface area contributed by atoms with Crippen LogP contribution in [0.4, 0.5) is 0 Å². The predicted octanol–water partition coefficient (Wildman–Crippen LogP) is 4.71. The van der Waals surface area contributed by atoms with Gasteiger partial charge in [0, 0.05) is 23.5 Å². The Morgan fingerprint density at radius 3 is 2.21 bits per heavy atom. The van der Waals surface area contributed by atoms with Gasteiger partial charge in [0.1, 0.15) is 11.5 Å². The third-order valence-corrected chi connectivity index (χ3v) is 4.77. The largest absolute Gasteiger partial charge is 0.462 e. The second-order valence-electron chi connectivity index (χ2n) is 6.94. The van der Waals surface area contributed by atoms with E-state index >= 15 is 0 Å². The van der Waals surface area contributed by atoms with Crippen LogP contribution in [0.1, 0.15) is 17.3 Å². The molecule has 0 spiro atoms. The van der Waals surface area contributed by atoms with Crippen molar-refractivity contribution < 1.29 is 18.9 Å². The van der Waals surface area contributed by atoms with Crippen molar-refractivity contribution in [3.05, 3.63) is 78.6 Å². The summed E-state index contributed by atoms with van der Waals surface area (Å²) in [4.78, 5) is 25.4. The van der Waals surface area contributed by atoms with Gasteiger partial charge in [-0.05, 0) is 65.8 Å². The first-order valence-electron chi connectivity index (χ1n) is 10.2. The van der Waals surface area contributed by atoms with E-state index in [1.54, 1.807) is 49.6 Å². The quantitative estimate of drug-likeness (QED) is 0.347. The molecule has 0 aliphatic carbocycles. The standard InChI is InChI=1S/C24H17N5O4/c1-2-31-24(30)17-5-3-4-16(14-17)21-20(26-22-23(27-21)29-33-28-22)15-6-8-18(9-7-15)32-19-10-12-25-13-11-19/h3-14H,2H2,1H3. The van der Waals surface area contributed by atoms with E-state index in [1.165, 1.54) is 0 Å². The van der Waals surface area contributed by atoms with Crippen LogP contribution in [0.2, 0.25) is 0 Å². The van der Waals surface area contributed by atoms with Gasteiger partial charge in [-0.15, -0.1) is 0 Å². The third kappa shape index (κ3) is 4.24. The summed E-state index contributed by atoms with van der Waals surface area (Å²) >= 11 is 0. The average molecular weight is 439 g/mol. The number of esters is 1. The number of ether oxygens (including phenoxy) is 2. The average Bonchev–Trinajstić information content (AvgIpc) is 3.32. The van der Waals surface area contributed by atoms with E-state index in [2.05, 4.69) is 25.3 Å². The first-order valence-corrected chi connectivity index (χ1v) is 10.2. The smallest absolute Gasteiger partial charge is 0.338 e. The molecule has 0 amide bonds. The fraction of sp³-hybridized carbons (Fsp3) is 0.0833. The molecule has 0 saturated carbocycles. The van der Waals surface area contributed by atoms with Crippen molar-refractivity contribution in [2.45, 2.75) is 6.92 Å². The Balaban J connectivity index is 1.55. The van der Waals surface area contributed by atoms with Gasteiger partial charge in [0.15, 0.2) is 0 Å². The number of aromatic nitrogens is 5. The highest BCUT2D eigenvalue weighted by atomic mass is 16.6. The molecular weight excluding hydrogens is 422 g/mol. The molecule has 5 rings (SSSR count). The molecule has 0 unspecified atom stereocenters. The molecule has 3 aromatic heterocycles. The predicted molar refractivity (Wildman–Crippen MR) is 119 cm³/mol. The SMILES string of the molecule is CCOC(=O)c1cccc(-c2nc3nonc3nc2-c2ccc(Oc3ccncc3)cc2)c1. The summed E-state index contributed by atoms with van der Waals surface area (Å²) in [6, 6.07) is 18.0. The zero-order valence-electron chi connectivity index (χ0n) is 17.5. The van der Waals surface area contributed by atoms with Crippen molar-refractivity contribution in [3.63, 3.8) is 0 Å². The number of pyridine rings is 1. The van der Waals surface area contributed by atoms with Gasteiger partial charge in [-0.3, -0.25) is 4.98 Å². The molecule has 0 saturated heterocycles. The van der Waals surface area contributed by atoms with Crippen LogP contribution in [0, 0.1) is 0 Å². The maximum absolute atomic E-state index is 12.2. The summed E-state index contributed by atoms with van der Waals surface area (Å²) in [7, 11) is 0. The number of hydrogen-bond donors (Lipinski definition) is 0. The Labute approximate surface area is 188 Å². The number of hydrogen-bond acceptors (Lipinski definition) is 9. The molecule has 0 fully saturated rings. The van der Waals surface area contributed by atoms with Crippen LogP contribution in [-0.4, -0.2) is 37.8 Å². The second-order valence-corrected chi connectivity index (χ2v) is 6.94. The van der Waals surface area contributed by atoms with E-state index < -0.39 is 5.97 Å². The van der Waals surface area contributed by atoms with Crippen LogP contribution < -0.4 is 4.74 Å². The molecule has 9 heteroatoms. The van der Waals surface area contributed by atoms with Gasteiger partial charge in [-0.1, -0.05) is 12.1 Å². The number of carbonyl (C=O) groups excluding carboxylic acids is 1. The van der Waals surface area contributed by atoms with Crippen molar-refractivity contribution in [1.82, 2.24) is 25.3 Å². The summed E-state index contributed by atoms with van der Waals surface area (Å²) in [5.74, 6) is 0.938. The maximum Gasteiger partial charge on any atom is 0.338 e. The molecule has 0 aliphatic heterocycles. The lowest BCUT2D eigenvalue weighted by Gasteiger charge is -2.10. The highest BCUT2D eigenvalue weighted by Gasteiger charge is 2.18. The van der Waals surface area contributed by atoms with Crippen molar-refractivity contribution in [2.24, 2.45) is 0 Å². The second kappa shape index (κ2) is 8.83. The molecule has 2 aromatic carbocycles. The third-order valence-electron chi connectivity index (χ3n) is 4.77. The van der Waals surface area contributed by atoms with Crippen LogP contribution >= 0.6 is 0 Å². The number of carbonyl (C=O) groups is 1. The van der Waals surface area contributed by atoms with Gasteiger partial charge in [0.05, 0.1) is 23.6 Å². The normalized spacial score (nSPS) is 10.8. The minimum absolute atomic E-state index is 0.271. The first-order chi connectivity index (χ1) is 16.2. The fourth-order valence-corrected chi connectivity index (χ4v) is 3.27. The maximum atomic E-state index is 12.2. The Morgan fingerprint density at radius 1 is 0.848 bits per heavy atom. The van der Waals surface area contributed by atoms with E-state index in [-0.39, 0.29) is 11.3 Å². The Hall–Kier alpha value is -4.66. The number of rotatable bonds is 6. The van der Waals surface area contributed by atoms with E-state index in [9.17, 15) is 4.79 Å². The summed E-state index contributed by atoms with van der Waals surface area (Å²) in [5.41, 5.74) is 3.54. The molecule has 0 aliphatic rings. The molecule has 0 atom stereocenters. The minimum Gasteiger partial charge on any atom is -0.462 e. The van der Waals surface area contributed by atoms with Gasteiger partial charge in [0.2, 0.25) is 11.3 Å². The summed E-state index contributed by atoms with van der Waals surface area (Å²) in [6.07, 6.45) is 3.33. The summed E-state index contributed by atoms with van der Waals surface area (Å²) in [6.45, 7) is 2.05. The first kappa shape index (κ1) is 20.3. The summed E-state index contributed by atoms with van der Waals surface area (Å²) < 4.78 is 15.8. The molecule has 33 heavy (non-hydrogen) atoms. The van der Waals surface area contributed by atoms with Crippen LogP contribution in [0.25, 0.3) is 33.8 Å². The number of benzene rings is 2. The van der Waals surface area contributed by atoms with Gasteiger partial charge >= 0.3 is 5.97 Å². The molecular formula is C24H17N5O4. The minimum atomic E-state index is -0.407. The van der Waals surface area contributed by atoms with E-state index in [1.807, 2.05) is 30.3 Å². The van der Waals surface area contributed by atoms with E-state index in [0.717, 1.165) is 5.56 Å². The number of nitrogens with zero attached hydrogens (tertiary/aromatic N) is 5. The van der Waals surface area contributed by atoms with Crippen molar-refractivity contribution in [1.29, 1.82) is 0 Å². The molecule has 9 nitrogen and oxygen atoms in total. The summed E-state index contributed by atoms with van der Waals surface area (Å²) in [5, 5.41) is 7.63. The zero-order valence-corrected chi connectivity index (χ0v) is 17.5. The van der Waals surface area contributed by atoms with Crippen LogP contribution in [0.15, 0.2) is 77.7 Å². The highest BCUT2D eigenvalue weighted by molar-refractivity contribution is 5.92. The van der Waals surface area contributed by atoms with Gasteiger partial charge in [0.25, 0.3) is 0 Å². The van der Waals surface area contributed by atoms with Crippen LogP contribution in [0.3, 0.4) is 0 Å². The lowest BCUT2D eigenvalue weighted by Crippen LogP contribution is -2.05. The lowest BCUT2D eigenvalue weighted by atomic mass is 10.0. The van der Waals surface area contributed by atoms with Gasteiger partial charge < -0.3 is 9.47 Å². The Bertz CT molecular complexity index is 1420.